The van der Waals surface area contributed by atoms with Crippen LogP contribution in [0.3, 0.4) is 0 Å². The first-order valence-corrected chi connectivity index (χ1v) is 9.57. The van der Waals surface area contributed by atoms with E-state index in [9.17, 15) is 27.9 Å². The molecule has 0 spiro atoms. The minimum atomic E-state index is -4.60. The zero-order valence-corrected chi connectivity index (χ0v) is 17.5. The van der Waals surface area contributed by atoms with Gasteiger partial charge in [-0.1, -0.05) is 12.1 Å². The van der Waals surface area contributed by atoms with Crippen LogP contribution in [-0.2, 0) is 20.5 Å². The van der Waals surface area contributed by atoms with E-state index in [1.807, 2.05) is 0 Å². The zero-order chi connectivity index (χ0) is 23.6. The number of phenols is 1. The van der Waals surface area contributed by atoms with Gasteiger partial charge < -0.3 is 14.6 Å². The molecule has 0 saturated carbocycles. The maximum atomic E-state index is 13.2. The van der Waals surface area contributed by atoms with E-state index in [0.29, 0.717) is 12.2 Å². The summed E-state index contributed by atoms with van der Waals surface area (Å²) in [5.74, 6) is -1.41. The van der Waals surface area contributed by atoms with E-state index in [0.717, 1.165) is 24.1 Å². The van der Waals surface area contributed by atoms with E-state index < -0.39 is 23.6 Å². The number of esters is 1. The Balaban J connectivity index is 2.13. The fourth-order valence-electron chi connectivity index (χ4n) is 3.37. The molecule has 1 N–H and O–H groups in total. The van der Waals surface area contributed by atoms with Crippen molar-refractivity contribution in [2.45, 2.75) is 20.0 Å². The van der Waals surface area contributed by atoms with Gasteiger partial charge in [0, 0.05) is 11.4 Å². The van der Waals surface area contributed by atoms with Gasteiger partial charge in [0.2, 0.25) is 0 Å². The molecular formula is C23H20F3NO5. The second kappa shape index (κ2) is 8.78. The molecule has 1 amide bonds. The molecule has 0 aliphatic carbocycles. The summed E-state index contributed by atoms with van der Waals surface area (Å²) in [6, 6.07) is 8.63. The summed E-state index contributed by atoms with van der Waals surface area (Å²) in [4.78, 5) is 26.7. The summed E-state index contributed by atoms with van der Waals surface area (Å²) in [5.41, 5.74) is -0.507. The number of amides is 1. The molecule has 168 valence electrons. The van der Waals surface area contributed by atoms with Crippen molar-refractivity contribution < 1.29 is 37.3 Å². The predicted molar refractivity (Wildman–Crippen MR) is 111 cm³/mol. The summed E-state index contributed by atoms with van der Waals surface area (Å²) >= 11 is 0. The second-order valence-corrected chi connectivity index (χ2v) is 6.86. The highest BCUT2D eigenvalue weighted by Crippen LogP contribution is 2.38. The van der Waals surface area contributed by atoms with Gasteiger partial charge in [0.25, 0.3) is 5.91 Å². The fourth-order valence-corrected chi connectivity index (χ4v) is 3.37. The van der Waals surface area contributed by atoms with Crippen molar-refractivity contribution in [3.8, 4) is 11.5 Å². The number of benzene rings is 2. The number of phenolic OH excluding ortho intramolecular Hbond substituents is 1. The minimum Gasteiger partial charge on any atom is -0.504 e. The third-order valence-corrected chi connectivity index (χ3v) is 4.82. The number of nitrogens with zero attached hydrogens (tertiary/aromatic N) is 1. The molecule has 0 aromatic heterocycles. The quantitative estimate of drug-likeness (QED) is 0.532. The summed E-state index contributed by atoms with van der Waals surface area (Å²) in [5, 5.41) is 9.89. The Morgan fingerprint density at radius 1 is 1.19 bits per heavy atom. The van der Waals surface area contributed by atoms with Gasteiger partial charge in [0.1, 0.15) is 0 Å². The number of carbonyl (C=O) groups excluding carboxylic acids is 2. The summed E-state index contributed by atoms with van der Waals surface area (Å²) in [6.07, 6.45) is -3.20. The lowest BCUT2D eigenvalue weighted by Crippen LogP contribution is -2.24. The third kappa shape index (κ3) is 4.32. The van der Waals surface area contributed by atoms with Crippen molar-refractivity contribution in [2.75, 3.05) is 18.6 Å². The van der Waals surface area contributed by atoms with Gasteiger partial charge in [-0.05, 0) is 55.8 Å². The number of methoxy groups -OCH3 is 1. The number of halogens is 3. The van der Waals surface area contributed by atoms with Crippen molar-refractivity contribution in [1.29, 1.82) is 0 Å². The van der Waals surface area contributed by atoms with Crippen LogP contribution in [0.15, 0.2) is 59.3 Å². The molecule has 0 saturated heterocycles. The monoisotopic (exact) mass is 447 g/mol. The van der Waals surface area contributed by atoms with Crippen LogP contribution in [0.1, 0.15) is 25.0 Å². The highest BCUT2D eigenvalue weighted by molar-refractivity contribution is 6.23. The SMILES string of the molecule is CCOc1cc(/C=C2\C(=O)N(c3cccc(C(F)(F)F)c3)C(C)=C2C(=O)OC)ccc1O. The van der Waals surface area contributed by atoms with E-state index in [1.165, 1.54) is 43.3 Å². The average molecular weight is 447 g/mol. The summed E-state index contributed by atoms with van der Waals surface area (Å²) in [6.45, 7) is 3.48. The third-order valence-electron chi connectivity index (χ3n) is 4.82. The molecule has 9 heteroatoms. The van der Waals surface area contributed by atoms with Crippen LogP contribution in [0.25, 0.3) is 6.08 Å². The number of aromatic hydroxyl groups is 1. The van der Waals surface area contributed by atoms with Gasteiger partial charge in [-0.15, -0.1) is 0 Å². The molecule has 2 aromatic carbocycles. The van der Waals surface area contributed by atoms with Crippen molar-refractivity contribution in [3.05, 3.63) is 70.4 Å². The Labute approximate surface area is 182 Å². The summed E-state index contributed by atoms with van der Waals surface area (Å²) in [7, 11) is 1.14. The lowest BCUT2D eigenvalue weighted by atomic mass is 10.0. The van der Waals surface area contributed by atoms with Crippen molar-refractivity contribution >= 4 is 23.6 Å². The molecule has 2 aromatic rings. The molecule has 0 bridgehead atoms. The standard InChI is InChI=1S/C23H20F3NO5/c1-4-32-19-11-14(8-9-18(19)28)10-17-20(22(30)31-3)13(2)27(21(17)29)16-7-5-6-15(12-16)23(24,25)26/h5-12,28H,4H2,1-3H3/b17-10-. The lowest BCUT2D eigenvalue weighted by molar-refractivity contribution is -0.137. The van der Waals surface area contributed by atoms with Crippen LogP contribution in [0.2, 0.25) is 0 Å². The molecule has 0 fully saturated rings. The number of ether oxygens (including phenoxy) is 2. The fraction of sp³-hybridized carbons (Fsp3) is 0.217. The molecule has 0 radical (unpaired) electrons. The second-order valence-electron chi connectivity index (χ2n) is 6.86. The predicted octanol–water partition coefficient (Wildman–Crippen LogP) is 4.69. The highest BCUT2D eigenvalue weighted by Gasteiger charge is 2.39. The Hall–Kier alpha value is -3.75. The van der Waals surface area contributed by atoms with E-state index in [1.54, 1.807) is 6.92 Å². The highest BCUT2D eigenvalue weighted by atomic mass is 19.4. The Kier molecular flexibility index (Phi) is 6.29. The van der Waals surface area contributed by atoms with Crippen molar-refractivity contribution in [1.82, 2.24) is 0 Å². The Morgan fingerprint density at radius 3 is 2.53 bits per heavy atom. The molecule has 1 aliphatic rings. The van der Waals surface area contributed by atoms with Gasteiger partial charge in [-0.3, -0.25) is 9.69 Å². The molecule has 0 atom stereocenters. The van der Waals surface area contributed by atoms with E-state index >= 15 is 0 Å². The smallest absolute Gasteiger partial charge is 0.416 e. The van der Waals surface area contributed by atoms with Crippen LogP contribution in [0.5, 0.6) is 11.5 Å². The zero-order valence-electron chi connectivity index (χ0n) is 17.5. The van der Waals surface area contributed by atoms with Gasteiger partial charge in [-0.25, -0.2) is 4.79 Å². The number of rotatable bonds is 5. The average Bonchev–Trinajstić information content (AvgIpc) is 2.99. The molecule has 32 heavy (non-hydrogen) atoms. The van der Waals surface area contributed by atoms with Gasteiger partial charge >= 0.3 is 12.1 Å². The Bertz CT molecular complexity index is 1130. The molecule has 0 unspecified atom stereocenters. The maximum absolute atomic E-state index is 13.2. The Morgan fingerprint density at radius 2 is 1.91 bits per heavy atom. The number of anilines is 1. The van der Waals surface area contributed by atoms with Gasteiger partial charge in [-0.2, -0.15) is 13.2 Å². The van der Waals surface area contributed by atoms with Crippen LogP contribution < -0.4 is 9.64 Å². The molecule has 1 aliphatic heterocycles. The minimum absolute atomic E-state index is 0.0344. The number of carbonyl (C=O) groups is 2. The van der Waals surface area contributed by atoms with E-state index in [-0.39, 0.29) is 34.0 Å². The van der Waals surface area contributed by atoms with Gasteiger partial charge in [0.05, 0.1) is 30.4 Å². The largest absolute Gasteiger partial charge is 0.504 e. The maximum Gasteiger partial charge on any atom is 0.416 e. The lowest BCUT2D eigenvalue weighted by Gasteiger charge is -2.19. The van der Waals surface area contributed by atoms with Crippen LogP contribution in [0, 0.1) is 0 Å². The first kappa shape index (κ1) is 22.9. The summed E-state index contributed by atoms with van der Waals surface area (Å²) < 4.78 is 49.7. The number of hydrogen-bond acceptors (Lipinski definition) is 5. The van der Waals surface area contributed by atoms with Crippen LogP contribution in [-0.4, -0.2) is 30.7 Å². The van der Waals surface area contributed by atoms with Crippen molar-refractivity contribution in [2.24, 2.45) is 0 Å². The number of hydrogen-bond donors (Lipinski definition) is 1. The number of allylic oxidation sites excluding steroid dienone is 1. The normalized spacial score (nSPS) is 15.5. The van der Waals surface area contributed by atoms with Gasteiger partial charge in [0.15, 0.2) is 11.5 Å². The first-order chi connectivity index (χ1) is 15.1. The van der Waals surface area contributed by atoms with E-state index in [4.69, 9.17) is 9.47 Å². The van der Waals surface area contributed by atoms with E-state index in [2.05, 4.69) is 0 Å². The molecule has 3 rings (SSSR count). The molecule has 6 nitrogen and oxygen atoms in total. The molecular weight excluding hydrogens is 427 g/mol. The molecule has 1 heterocycles. The van der Waals surface area contributed by atoms with Crippen LogP contribution >= 0.6 is 0 Å². The first-order valence-electron chi connectivity index (χ1n) is 9.57. The number of alkyl halides is 3. The van der Waals surface area contributed by atoms with Crippen molar-refractivity contribution in [3.63, 3.8) is 0 Å². The topological polar surface area (TPSA) is 76.1 Å². The van der Waals surface area contributed by atoms with Crippen LogP contribution in [0.4, 0.5) is 18.9 Å².